The van der Waals surface area contributed by atoms with E-state index in [0.717, 1.165) is 5.69 Å². The van der Waals surface area contributed by atoms with Crippen molar-refractivity contribution in [2.45, 2.75) is 5.72 Å². The van der Waals surface area contributed by atoms with Gasteiger partial charge in [-0.1, -0.05) is 36.4 Å². The van der Waals surface area contributed by atoms with Crippen LogP contribution in [0.5, 0.6) is 0 Å². The molecule has 2 aromatic rings. The van der Waals surface area contributed by atoms with Gasteiger partial charge in [0.2, 0.25) is 5.72 Å². The molecule has 1 unspecified atom stereocenters. The van der Waals surface area contributed by atoms with Crippen LogP contribution in [-0.2, 0) is 10.5 Å². The average molecular weight is 255 g/mol. The first-order chi connectivity index (χ1) is 9.20. The first kappa shape index (κ1) is 11.7. The lowest BCUT2D eigenvalue weighted by Gasteiger charge is -2.23. The zero-order chi connectivity index (χ0) is 13.3. The number of rotatable bonds is 3. The van der Waals surface area contributed by atoms with Crippen LogP contribution < -0.4 is 16.2 Å². The number of carbonyl (C=O) groups excluding carboxylic acids is 1. The topological polar surface area (TPSA) is 73.4 Å². The van der Waals surface area contributed by atoms with Crippen molar-refractivity contribution in [1.29, 1.82) is 0 Å². The van der Waals surface area contributed by atoms with Gasteiger partial charge in [0.15, 0.2) is 0 Å². The molecule has 1 atom stereocenters. The number of hydrazine groups is 1. The second kappa shape index (κ2) is 4.38. The van der Waals surface area contributed by atoms with Crippen LogP contribution in [0.2, 0.25) is 0 Å². The van der Waals surface area contributed by atoms with E-state index >= 15 is 0 Å². The predicted octanol–water partition coefficient (Wildman–Crippen LogP) is 1.40. The zero-order valence-electron chi connectivity index (χ0n) is 10.1. The molecule has 0 radical (unpaired) electrons. The van der Waals surface area contributed by atoms with Crippen LogP contribution >= 0.6 is 0 Å². The Kier molecular flexibility index (Phi) is 2.70. The number of para-hydroxylation sites is 2. The van der Waals surface area contributed by atoms with Gasteiger partial charge < -0.3 is 15.8 Å². The fourth-order valence-corrected chi connectivity index (χ4v) is 2.05. The summed E-state index contributed by atoms with van der Waals surface area (Å²) in [5.41, 5.74) is 5.61. The number of nitrogens with one attached hydrogen (secondary N) is 3. The van der Waals surface area contributed by atoms with Crippen molar-refractivity contribution in [2.75, 3.05) is 10.7 Å². The van der Waals surface area contributed by atoms with Crippen molar-refractivity contribution in [3.8, 4) is 0 Å². The van der Waals surface area contributed by atoms with Crippen LogP contribution in [0.3, 0.4) is 0 Å². The number of hydrogen-bond donors (Lipinski definition) is 4. The SMILES string of the molecule is O=C1Nc2ccccc2C1(O)NNc1ccccc1. The van der Waals surface area contributed by atoms with Crippen LogP contribution in [0.25, 0.3) is 0 Å². The van der Waals surface area contributed by atoms with E-state index < -0.39 is 11.6 Å². The lowest BCUT2D eigenvalue weighted by Crippen LogP contribution is -2.50. The van der Waals surface area contributed by atoms with Crippen molar-refractivity contribution in [1.82, 2.24) is 5.43 Å². The minimum atomic E-state index is -1.77. The highest BCUT2D eigenvalue weighted by Crippen LogP contribution is 2.33. The molecule has 0 bridgehead atoms. The summed E-state index contributed by atoms with van der Waals surface area (Å²) in [4.78, 5) is 11.9. The summed E-state index contributed by atoms with van der Waals surface area (Å²) < 4.78 is 0. The number of fused-ring (bicyclic) bond motifs is 1. The highest BCUT2D eigenvalue weighted by Gasteiger charge is 2.45. The van der Waals surface area contributed by atoms with E-state index in [4.69, 9.17) is 0 Å². The van der Waals surface area contributed by atoms with Crippen molar-refractivity contribution in [3.63, 3.8) is 0 Å². The van der Waals surface area contributed by atoms with Gasteiger partial charge in [-0.05, 0) is 18.2 Å². The number of hydrogen-bond acceptors (Lipinski definition) is 4. The van der Waals surface area contributed by atoms with Crippen molar-refractivity contribution < 1.29 is 9.90 Å². The Morgan fingerprint density at radius 1 is 1.00 bits per heavy atom. The van der Waals surface area contributed by atoms with Gasteiger partial charge in [0.1, 0.15) is 0 Å². The summed E-state index contributed by atoms with van der Waals surface area (Å²) in [6, 6.07) is 16.3. The summed E-state index contributed by atoms with van der Waals surface area (Å²) >= 11 is 0. The van der Waals surface area contributed by atoms with Crippen LogP contribution in [0.15, 0.2) is 54.6 Å². The van der Waals surface area contributed by atoms with Crippen molar-refractivity contribution in [3.05, 3.63) is 60.2 Å². The summed E-state index contributed by atoms with van der Waals surface area (Å²) in [6.07, 6.45) is 0. The Hall–Kier alpha value is -2.37. The zero-order valence-corrected chi connectivity index (χ0v) is 10.1. The molecule has 2 aromatic carbocycles. The van der Waals surface area contributed by atoms with Crippen LogP contribution in [0.4, 0.5) is 11.4 Å². The Labute approximate surface area is 110 Å². The van der Waals surface area contributed by atoms with Gasteiger partial charge in [-0.3, -0.25) is 4.79 Å². The molecule has 0 saturated carbocycles. The summed E-state index contributed by atoms with van der Waals surface area (Å²) in [6.45, 7) is 0. The van der Waals surface area contributed by atoms with Gasteiger partial charge in [0, 0.05) is 16.9 Å². The summed E-state index contributed by atoms with van der Waals surface area (Å²) in [5.74, 6) is -0.503. The summed E-state index contributed by atoms with van der Waals surface area (Å²) in [5, 5.41) is 13.1. The van der Waals surface area contributed by atoms with Crippen LogP contribution in [0.1, 0.15) is 5.56 Å². The van der Waals surface area contributed by atoms with E-state index in [9.17, 15) is 9.90 Å². The molecular weight excluding hydrogens is 242 g/mol. The van der Waals surface area contributed by atoms with Gasteiger partial charge in [0.05, 0.1) is 0 Å². The molecule has 0 aliphatic carbocycles. The van der Waals surface area contributed by atoms with Crippen LogP contribution in [-0.4, -0.2) is 11.0 Å². The minimum absolute atomic E-state index is 0.503. The fourth-order valence-electron chi connectivity index (χ4n) is 2.05. The van der Waals surface area contributed by atoms with Gasteiger partial charge in [-0.25, -0.2) is 0 Å². The van der Waals surface area contributed by atoms with Crippen LogP contribution in [0, 0.1) is 0 Å². The first-order valence-electron chi connectivity index (χ1n) is 5.92. The van der Waals surface area contributed by atoms with E-state index in [1.807, 2.05) is 30.3 Å². The second-order valence-corrected chi connectivity index (χ2v) is 4.33. The minimum Gasteiger partial charge on any atom is -0.363 e. The third-order valence-corrected chi connectivity index (χ3v) is 3.06. The third kappa shape index (κ3) is 1.95. The Morgan fingerprint density at radius 2 is 1.68 bits per heavy atom. The number of anilines is 2. The van der Waals surface area contributed by atoms with E-state index in [1.165, 1.54) is 0 Å². The number of amides is 1. The molecule has 0 spiro atoms. The van der Waals surface area contributed by atoms with Crippen molar-refractivity contribution in [2.24, 2.45) is 0 Å². The molecule has 3 rings (SSSR count). The second-order valence-electron chi connectivity index (χ2n) is 4.33. The van der Waals surface area contributed by atoms with Gasteiger partial charge >= 0.3 is 0 Å². The molecule has 0 aromatic heterocycles. The monoisotopic (exact) mass is 255 g/mol. The third-order valence-electron chi connectivity index (χ3n) is 3.06. The molecule has 5 heteroatoms. The highest BCUT2D eigenvalue weighted by molar-refractivity contribution is 6.04. The Balaban J connectivity index is 1.85. The summed E-state index contributed by atoms with van der Waals surface area (Å²) in [7, 11) is 0. The van der Waals surface area contributed by atoms with Crippen molar-refractivity contribution >= 4 is 17.3 Å². The molecule has 1 heterocycles. The predicted molar refractivity (Wildman–Crippen MR) is 72.2 cm³/mol. The van der Waals surface area contributed by atoms with Gasteiger partial charge in [0.25, 0.3) is 5.91 Å². The molecule has 4 N–H and O–H groups in total. The number of aliphatic hydroxyl groups is 1. The quantitative estimate of drug-likeness (QED) is 0.494. The lowest BCUT2D eigenvalue weighted by atomic mass is 10.1. The van der Waals surface area contributed by atoms with E-state index in [2.05, 4.69) is 16.2 Å². The normalized spacial score (nSPS) is 20.8. The molecule has 96 valence electrons. The maximum atomic E-state index is 11.9. The fraction of sp³-hybridized carbons (Fsp3) is 0.0714. The molecule has 1 aliphatic rings. The van der Waals surface area contributed by atoms with Gasteiger partial charge in [-0.2, -0.15) is 5.43 Å². The molecule has 1 aliphatic heterocycles. The van der Waals surface area contributed by atoms with Gasteiger partial charge in [-0.15, -0.1) is 0 Å². The molecule has 0 saturated heterocycles. The smallest absolute Gasteiger partial charge is 0.278 e. The Bertz CT molecular complexity index is 615. The molecular formula is C14H13N3O2. The van der Waals surface area contributed by atoms with E-state index in [-0.39, 0.29) is 0 Å². The van der Waals surface area contributed by atoms with E-state index in [1.54, 1.807) is 24.3 Å². The Morgan fingerprint density at radius 3 is 2.47 bits per heavy atom. The maximum absolute atomic E-state index is 11.9. The van der Waals surface area contributed by atoms with E-state index in [0.29, 0.717) is 11.3 Å². The lowest BCUT2D eigenvalue weighted by molar-refractivity contribution is -0.136. The largest absolute Gasteiger partial charge is 0.363 e. The molecule has 19 heavy (non-hydrogen) atoms. The highest BCUT2D eigenvalue weighted by atomic mass is 16.3. The number of carbonyl (C=O) groups is 1. The molecule has 0 fully saturated rings. The average Bonchev–Trinajstić information content (AvgIpc) is 2.71. The maximum Gasteiger partial charge on any atom is 0.278 e. The molecule has 5 nitrogen and oxygen atoms in total. The standard InChI is InChI=1S/C14H13N3O2/c18-13-14(19,11-8-4-5-9-12(11)15-13)17-16-10-6-2-1-3-7-10/h1-9,16-17,19H,(H,15,18). The molecule has 1 amide bonds. The number of benzene rings is 2. The first-order valence-corrected chi connectivity index (χ1v) is 5.92.